The van der Waals surface area contributed by atoms with Gasteiger partial charge in [0.05, 0.1) is 29.5 Å². The fraction of sp³-hybridized carbons (Fsp3) is 0.556. The monoisotopic (exact) mass is 409 g/mol. The highest BCUT2D eigenvalue weighted by molar-refractivity contribution is 7.89. The summed E-state index contributed by atoms with van der Waals surface area (Å²) in [6.07, 6.45) is 1.30. The van der Waals surface area contributed by atoms with E-state index in [1.807, 2.05) is 0 Å². The van der Waals surface area contributed by atoms with Crippen molar-refractivity contribution >= 4 is 27.0 Å². The zero-order chi connectivity index (χ0) is 19.9. The molecule has 0 radical (unpaired) electrons. The maximum absolute atomic E-state index is 13.1. The number of carbonyl (C=O) groups excluding carboxylic acids is 1. The van der Waals surface area contributed by atoms with E-state index in [1.165, 1.54) is 21.0 Å². The van der Waals surface area contributed by atoms with Crippen LogP contribution in [0.1, 0.15) is 12.8 Å². The number of morpholine rings is 1. The number of ether oxygens (including phenoxy) is 1. The Hall–Kier alpha value is -2.17. The van der Waals surface area contributed by atoms with Gasteiger partial charge in [-0.05, 0) is 25.0 Å². The molecule has 2 aliphatic rings. The van der Waals surface area contributed by atoms with Crippen molar-refractivity contribution in [1.82, 2.24) is 13.8 Å². The van der Waals surface area contributed by atoms with E-state index in [1.54, 1.807) is 18.0 Å². The van der Waals surface area contributed by atoms with Gasteiger partial charge in [-0.15, -0.1) is 0 Å². The Morgan fingerprint density at radius 2 is 1.93 bits per heavy atom. The van der Waals surface area contributed by atoms with Crippen LogP contribution in [0.25, 0.3) is 11.1 Å². The van der Waals surface area contributed by atoms with Gasteiger partial charge < -0.3 is 14.1 Å². The molecule has 0 N–H and O–H groups in total. The first-order chi connectivity index (χ1) is 13.4. The second kappa shape index (κ2) is 7.34. The van der Waals surface area contributed by atoms with E-state index >= 15 is 0 Å². The van der Waals surface area contributed by atoms with Crippen LogP contribution in [0.15, 0.2) is 32.3 Å². The lowest BCUT2D eigenvalue weighted by molar-refractivity contribution is -0.140. The molecule has 4 rings (SSSR count). The third-order valence-corrected chi connectivity index (χ3v) is 7.32. The van der Waals surface area contributed by atoms with E-state index in [0.717, 1.165) is 0 Å². The summed E-state index contributed by atoms with van der Waals surface area (Å²) in [5, 5.41) is 0. The summed E-state index contributed by atoms with van der Waals surface area (Å²) >= 11 is 0. The molecule has 1 aromatic heterocycles. The second-order valence-electron chi connectivity index (χ2n) is 7.20. The molecular weight excluding hydrogens is 386 g/mol. The Bertz CT molecular complexity index is 1050. The highest BCUT2D eigenvalue weighted by Crippen LogP contribution is 2.27. The van der Waals surface area contributed by atoms with Crippen LogP contribution in [0.3, 0.4) is 0 Å². The van der Waals surface area contributed by atoms with Crippen molar-refractivity contribution in [3.63, 3.8) is 0 Å². The van der Waals surface area contributed by atoms with Gasteiger partial charge in [0.1, 0.15) is 0 Å². The Balaban J connectivity index is 1.56. The highest BCUT2D eigenvalue weighted by atomic mass is 32.2. The Morgan fingerprint density at radius 1 is 1.18 bits per heavy atom. The number of sulfonamides is 1. The number of carbonyl (C=O) groups is 1. The number of nitrogens with zero attached hydrogens (tertiary/aromatic N) is 3. The normalized spacial score (nSPS) is 21.9. The average Bonchev–Trinajstić information content (AvgIpc) is 3.01. The number of fused-ring (bicyclic) bond motifs is 1. The fourth-order valence-corrected chi connectivity index (χ4v) is 5.37. The molecule has 0 bridgehead atoms. The van der Waals surface area contributed by atoms with Crippen LogP contribution < -0.4 is 5.76 Å². The molecule has 0 aliphatic carbocycles. The zero-order valence-corrected chi connectivity index (χ0v) is 16.5. The summed E-state index contributed by atoms with van der Waals surface area (Å²) in [5.41, 5.74) is 0.759. The molecule has 2 fully saturated rings. The van der Waals surface area contributed by atoms with Crippen LogP contribution in [0.5, 0.6) is 0 Å². The van der Waals surface area contributed by atoms with Crippen LogP contribution in [0, 0.1) is 5.92 Å². The summed E-state index contributed by atoms with van der Waals surface area (Å²) in [7, 11) is -2.22. The first-order valence-corrected chi connectivity index (χ1v) is 10.8. The van der Waals surface area contributed by atoms with Crippen molar-refractivity contribution < 1.29 is 22.4 Å². The molecule has 0 saturated carbocycles. The van der Waals surface area contributed by atoms with E-state index in [0.29, 0.717) is 51.2 Å². The summed E-state index contributed by atoms with van der Waals surface area (Å²) in [4.78, 5) is 26.3. The van der Waals surface area contributed by atoms with Crippen LogP contribution in [0.4, 0.5) is 0 Å². The van der Waals surface area contributed by atoms with Crippen LogP contribution in [-0.2, 0) is 26.6 Å². The molecule has 2 saturated heterocycles. The van der Waals surface area contributed by atoms with Crippen molar-refractivity contribution in [2.45, 2.75) is 17.7 Å². The van der Waals surface area contributed by atoms with Gasteiger partial charge in [-0.3, -0.25) is 9.36 Å². The lowest BCUT2D eigenvalue weighted by Crippen LogP contribution is -2.49. The SMILES string of the molecule is Cn1c(=O)oc2cc(S(=O)(=O)N3CCC[C@H](C(=O)N4CCOCC4)C3)ccc21. The number of hydrogen-bond acceptors (Lipinski definition) is 6. The van der Waals surface area contributed by atoms with E-state index in [-0.39, 0.29) is 28.8 Å². The Morgan fingerprint density at radius 3 is 2.68 bits per heavy atom. The molecule has 3 heterocycles. The Labute approximate surface area is 162 Å². The molecule has 152 valence electrons. The van der Waals surface area contributed by atoms with Gasteiger partial charge in [0, 0.05) is 39.3 Å². The number of amides is 1. The summed E-state index contributed by atoms with van der Waals surface area (Å²) in [6.45, 7) is 2.66. The molecule has 9 nitrogen and oxygen atoms in total. The lowest BCUT2D eigenvalue weighted by Gasteiger charge is -2.35. The average molecular weight is 409 g/mol. The van der Waals surface area contributed by atoms with Gasteiger partial charge >= 0.3 is 5.76 Å². The highest BCUT2D eigenvalue weighted by Gasteiger charge is 2.35. The van der Waals surface area contributed by atoms with E-state index in [9.17, 15) is 18.0 Å². The van der Waals surface area contributed by atoms with Gasteiger partial charge in [0.2, 0.25) is 15.9 Å². The first-order valence-electron chi connectivity index (χ1n) is 9.34. The topological polar surface area (TPSA) is 102 Å². The Kier molecular flexibility index (Phi) is 5.02. The van der Waals surface area contributed by atoms with Gasteiger partial charge in [-0.2, -0.15) is 4.31 Å². The number of aryl methyl sites for hydroxylation is 1. The van der Waals surface area contributed by atoms with E-state index < -0.39 is 15.8 Å². The van der Waals surface area contributed by atoms with Crippen molar-refractivity contribution in [3.05, 3.63) is 28.7 Å². The van der Waals surface area contributed by atoms with Gasteiger partial charge in [0.25, 0.3) is 0 Å². The number of aromatic nitrogens is 1. The van der Waals surface area contributed by atoms with Crippen LogP contribution >= 0.6 is 0 Å². The minimum atomic E-state index is -3.79. The molecule has 1 amide bonds. The number of benzene rings is 1. The second-order valence-corrected chi connectivity index (χ2v) is 9.13. The van der Waals surface area contributed by atoms with E-state index in [2.05, 4.69) is 0 Å². The van der Waals surface area contributed by atoms with Crippen molar-refractivity contribution in [2.24, 2.45) is 13.0 Å². The van der Waals surface area contributed by atoms with Gasteiger partial charge in [-0.25, -0.2) is 13.2 Å². The van der Waals surface area contributed by atoms with Crippen LogP contribution in [-0.4, -0.2) is 67.5 Å². The maximum atomic E-state index is 13.1. The number of piperidine rings is 1. The molecule has 0 unspecified atom stereocenters. The molecule has 2 aromatic rings. The molecule has 1 atom stereocenters. The molecular formula is C18H23N3O6S. The zero-order valence-electron chi connectivity index (χ0n) is 15.7. The standard InChI is InChI=1S/C18H23N3O6S/c1-19-15-5-4-14(11-16(15)27-18(19)23)28(24,25)21-6-2-3-13(12-21)17(22)20-7-9-26-10-8-20/h4-5,11,13H,2-3,6-10,12H2,1H3/t13-/m0/s1. The maximum Gasteiger partial charge on any atom is 0.419 e. The molecule has 1 aromatic carbocycles. The summed E-state index contributed by atoms with van der Waals surface area (Å²) < 4.78 is 39.3. The van der Waals surface area contributed by atoms with Crippen molar-refractivity contribution in [3.8, 4) is 0 Å². The summed E-state index contributed by atoms with van der Waals surface area (Å²) in [6, 6.07) is 4.41. The number of rotatable bonds is 3. The number of hydrogen-bond donors (Lipinski definition) is 0. The van der Waals surface area contributed by atoms with Crippen LogP contribution in [0.2, 0.25) is 0 Å². The van der Waals surface area contributed by atoms with Gasteiger partial charge in [0.15, 0.2) is 5.58 Å². The quantitative estimate of drug-likeness (QED) is 0.727. The largest absolute Gasteiger partial charge is 0.419 e. The fourth-order valence-electron chi connectivity index (χ4n) is 3.83. The third-order valence-electron chi connectivity index (χ3n) is 5.46. The predicted octanol–water partition coefficient (Wildman–Crippen LogP) is 0.391. The lowest BCUT2D eigenvalue weighted by atomic mass is 9.98. The number of oxazole rings is 1. The van der Waals surface area contributed by atoms with E-state index in [4.69, 9.17) is 9.15 Å². The first kappa shape index (κ1) is 19.2. The molecule has 0 spiro atoms. The minimum absolute atomic E-state index is 0.00675. The molecule has 28 heavy (non-hydrogen) atoms. The predicted molar refractivity (Wildman–Crippen MR) is 100 cm³/mol. The minimum Gasteiger partial charge on any atom is -0.408 e. The smallest absolute Gasteiger partial charge is 0.408 e. The van der Waals surface area contributed by atoms with Crippen molar-refractivity contribution in [1.29, 1.82) is 0 Å². The van der Waals surface area contributed by atoms with Gasteiger partial charge in [-0.1, -0.05) is 0 Å². The molecule has 2 aliphatic heterocycles. The third kappa shape index (κ3) is 3.36. The molecule has 10 heteroatoms. The summed E-state index contributed by atoms with van der Waals surface area (Å²) in [5.74, 6) is -0.897. The van der Waals surface area contributed by atoms with Crippen molar-refractivity contribution in [2.75, 3.05) is 39.4 Å².